The highest BCUT2D eigenvalue weighted by Crippen LogP contribution is 2.25. The molecule has 2 aliphatic rings. The van der Waals surface area contributed by atoms with Crippen molar-refractivity contribution >= 4 is 17.6 Å². The summed E-state index contributed by atoms with van der Waals surface area (Å²) < 4.78 is 26.4. The van der Waals surface area contributed by atoms with Crippen molar-refractivity contribution in [2.75, 3.05) is 38.0 Å². The largest absolute Gasteiger partial charge is 0.341 e. The highest BCUT2D eigenvalue weighted by atomic mass is 19.1. The molecule has 0 spiro atoms. The van der Waals surface area contributed by atoms with Crippen LogP contribution in [0.2, 0.25) is 0 Å². The maximum absolute atomic E-state index is 13.2. The Bertz CT molecular complexity index is 999. The van der Waals surface area contributed by atoms with E-state index < -0.39 is 0 Å². The lowest BCUT2D eigenvalue weighted by Crippen LogP contribution is -2.57. The van der Waals surface area contributed by atoms with Crippen molar-refractivity contribution in [3.8, 4) is 0 Å². The van der Waals surface area contributed by atoms with Crippen LogP contribution in [0.15, 0.2) is 48.5 Å². The number of rotatable bonds is 6. The average molecular weight is 485 g/mol. The van der Waals surface area contributed by atoms with Crippen LogP contribution >= 0.6 is 0 Å². The summed E-state index contributed by atoms with van der Waals surface area (Å²) in [4.78, 5) is 29.0. The van der Waals surface area contributed by atoms with Crippen molar-refractivity contribution in [2.24, 2.45) is 11.8 Å². The van der Waals surface area contributed by atoms with Gasteiger partial charge in [-0.05, 0) is 86.0 Å². The molecule has 2 aromatic carbocycles. The minimum Gasteiger partial charge on any atom is -0.341 e. The van der Waals surface area contributed by atoms with Gasteiger partial charge in [0.25, 0.3) is 0 Å². The zero-order valence-corrected chi connectivity index (χ0v) is 20.2. The molecular formula is C27H34F2N4O2. The van der Waals surface area contributed by atoms with E-state index in [1.807, 2.05) is 12.1 Å². The monoisotopic (exact) mass is 484 g/mol. The molecule has 3 atom stereocenters. The minimum atomic E-state index is -0.361. The van der Waals surface area contributed by atoms with E-state index in [-0.39, 0.29) is 35.5 Å². The summed E-state index contributed by atoms with van der Waals surface area (Å²) >= 11 is 0. The van der Waals surface area contributed by atoms with Gasteiger partial charge in [0.15, 0.2) is 0 Å². The van der Waals surface area contributed by atoms with Crippen LogP contribution < -0.4 is 10.6 Å². The molecule has 2 saturated heterocycles. The number of nitrogens with zero attached hydrogens (tertiary/aromatic N) is 2. The standard InChI is InChI=1S/C27H34F2N4O2/c1-19(34)33-14-12-22(26(18-33)31-27(35)30-25-10-8-24(29)9-11-25)17-32-13-2-3-21(16-32)15-20-4-6-23(28)7-5-20/h4-11,21-22,26H,2-3,12-18H2,1H3,(H2,30,31,35)/t21-,22-,26-/m0/s1. The molecule has 0 aromatic heterocycles. The maximum Gasteiger partial charge on any atom is 0.319 e. The van der Waals surface area contributed by atoms with E-state index in [0.29, 0.717) is 24.7 Å². The number of hydrogen-bond donors (Lipinski definition) is 2. The quantitative estimate of drug-likeness (QED) is 0.644. The Morgan fingerprint density at radius 1 is 0.943 bits per heavy atom. The highest BCUT2D eigenvalue weighted by Gasteiger charge is 2.33. The van der Waals surface area contributed by atoms with Gasteiger partial charge >= 0.3 is 6.03 Å². The van der Waals surface area contributed by atoms with E-state index in [4.69, 9.17) is 0 Å². The smallest absolute Gasteiger partial charge is 0.319 e. The lowest BCUT2D eigenvalue weighted by Gasteiger charge is -2.42. The number of carbonyl (C=O) groups excluding carboxylic acids is 2. The normalized spacial score (nSPS) is 23.1. The third-order valence-electron chi connectivity index (χ3n) is 7.15. The van der Waals surface area contributed by atoms with E-state index in [0.717, 1.165) is 50.9 Å². The van der Waals surface area contributed by atoms with Crippen LogP contribution in [0.3, 0.4) is 0 Å². The fourth-order valence-corrected chi connectivity index (χ4v) is 5.31. The maximum atomic E-state index is 13.2. The molecule has 2 aliphatic heterocycles. The first-order valence-corrected chi connectivity index (χ1v) is 12.4. The van der Waals surface area contributed by atoms with Gasteiger partial charge in [-0.15, -0.1) is 0 Å². The Hall–Kier alpha value is -3.00. The number of carbonyl (C=O) groups is 2. The fraction of sp³-hybridized carbons (Fsp3) is 0.481. The van der Waals surface area contributed by atoms with Crippen molar-refractivity contribution in [3.05, 3.63) is 65.7 Å². The van der Waals surface area contributed by atoms with Gasteiger partial charge < -0.3 is 20.4 Å². The van der Waals surface area contributed by atoms with Crippen LogP contribution in [-0.2, 0) is 11.2 Å². The van der Waals surface area contributed by atoms with Crippen molar-refractivity contribution in [1.29, 1.82) is 0 Å². The predicted molar refractivity (Wildman–Crippen MR) is 132 cm³/mol. The van der Waals surface area contributed by atoms with Gasteiger partial charge in [0.2, 0.25) is 5.91 Å². The first-order chi connectivity index (χ1) is 16.9. The van der Waals surface area contributed by atoms with Gasteiger partial charge in [0.1, 0.15) is 11.6 Å². The summed E-state index contributed by atoms with van der Waals surface area (Å²) in [6.45, 7) is 5.56. The summed E-state index contributed by atoms with van der Waals surface area (Å²) in [6.07, 6.45) is 4.02. The van der Waals surface area contributed by atoms with E-state index in [1.165, 1.54) is 36.4 Å². The predicted octanol–water partition coefficient (Wildman–Crippen LogP) is 4.28. The van der Waals surface area contributed by atoms with Gasteiger partial charge in [-0.3, -0.25) is 4.79 Å². The Morgan fingerprint density at radius 2 is 1.63 bits per heavy atom. The summed E-state index contributed by atoms with van der Waals surface area (Å²) in [5.41, 5.74) is 1.67. The molecule has 0 bridgehead atoms. The summed E-state index contributed by atoms with van der Waals surface area (Å²) in [7, 11) is 0. The SMILES string of the molecule is CC(=O)N1CC[C@@H](CN2CCC[C@@H](Cc3ccc(F)cc3)C2)[C@@H](NC(=O)Nc2ccc(F)cc2)C1. The Morgan fingerprint density at radius 3 is 2.31 bits per heavy atom. The number of piperidine rings is 2. The third kappa shape index (κ3) is 7.24. The number of likely N-dealkylation sites (tertiary alicyclic amines) is 2. The molecule has 0 saturated carbocycles. The van der Waals surface area contributed by atoms with Crippen molar-refractivity contribution in [1.82, 2.24) is 15.1 Å². The van der Waals surface area contributed by atoms with Crippen molar-refractivity contribution < 1.29 is 18.4 Å². The van der Waals surface area contributed by atoms with Crippen molar-refractivity contribution in [2.45, 2.75) is 38.6 Å². The van der Waals surface area contributed by atoms with E-state index in [2.05, 4.69) is 15.5 Å². The van der Waals surface area contributed by atoms with Crippen LogP contribution in [-0.4, -0.2) is 60.5 Å². The molecule has 188 valence electrons. The Balaban J connectivity index is 1.36. The highest BCUT2D eigenvalue weighted by molar-refractivity contribution is 5.89. The molecule has 2 aromatic rings. The van der Waals surface area contributed by atoms with E-state index in [1.54, 1.807) is 11.8 Å². The number of anilines is 1. The molecule has 0 radical (unpaired) electrons. The van der Waals surface area contributed by atoms with E-state index in [9.17, 15) is 18.4 Å². The second-order valence-corrected chi connectivity index (χ2v) is 9.82. The first kappa shape index (κ1) is 25.1. The molecule has 2 fully saturated rings. The number of urea groups is 1. The molecule has 3 amide bonds. The molecule has 0 unspecified atom stereocenters. The molecular weight excluding hydrogens is 450 g/mol. The lowest BCUT2D eigenvalue weighted by atomic mass is 9.87. The first-order valence-electron chi connectivity index (χ1n) is 12.4. The number of benzene rings is 2. The summed E-state index contributed by atoms with van der Waals surface area (Å²) in [5.74, 6) is 0.165. The van der Waals surface area contributed by atoms with Crippen LogP contribution in [0, 0.1) is 23.5 Å². The second kappa shape index (κ2) is 11.6. The summed E-state index contributed by atoms with van der Waals surface area (Å²) in [5, 5.41) is 5.83. The topological polar surface area (TPSA) is 64.7 Å². The molecule has 4 rings (SSSR count). The summed E-state index contributed by atoms with van der Waals surface area (Å²) in [6, 6.07) is 11.9. The van der Waals surface area contributed by atoms with Gasteiger partial charge in [0.05, 0.1) is 6.04 Å². The fourth-order valence-electron chi connectivity index (χ4n) is 5.31. The zero-order valence-electron chi connectivity index (χ0n) is 20.2. The van der Waals surface area contributed by atoms with Gasteiger partial charge in [-0.1, -0.05) is 12.1 Å². The van der Waals surface area contributed by atoms with Crippen LogP contribution in [0.1, 0.15) is 31.7 Å². The molecule has 2 heterocycles. The van der Waals surface area contributed by atoms with Gasteiger partial charge in [-0.25, -0.2) is 13.6 Å². The Kier molecular flexibility index (Phi) is 8.33. The number of nitrogens with one attached hydrogen (secondary N) is 2. The van der Waals surface area contributed by atoms with Gasteiger partial charge in [-0.2, -0.15) is 0 Å². The molecule has 35 heavy (non-hydrogen) atoms. The van der Waals surface area contributed by atoms with Crippen molar-refractivity contribution in [3.63, 3.8) is 0 Å². The van der Waals surface area contributed by atoms with E-state index >= 15 is 0 Å². The second-order valence-electron chi connectivity index (χ2n) is 9.82. The number of amides is 3. The average Bonchev–Trinajstić information content (AvgIpc) is 2.83. The van der Waals surface area contributed by atoms with Crippen LogP contribution in [0.4, 0.5) is 19.3 Å². The molecule has 8 heteroatoms. The lowest BCUT2D eigenvalue weighted by molar-refractivity contribution is -0.130. The molecule has 0 aliphatic carbocycles. The molecule has 2 N–H and O–H groups in total. The Labute approximate surface area is 205 Å². The third-order valence-corrected chi connectivity index (χ3v) is 7.15. The zero-order chi connectivity index (χ0) is 24.8. The molecule has 6 nitrogen and oxygen atoms in total. The van der Waals surface area contributed by atoms with Gasteiger partial charge in [0, 0.05) is 38.8 Å². The van der Waals surface area contributed by atoms with Crippen LogP contribution in [0.5, 0.6) is 0 Å². The number of halogens is 2. The number of hydrogen-bond acceptors (Lipinski definition) is 3. The van der Waals surface area contributed by atoms with Crippen LogP contribution in [0.25, 0.3) is 0 Å². The minimum absolute atomic E-state index is 0.00604.